The number of hydrogen-bond acceptors (Lipinski definition) is 3. The number of carbonyl (C=O) groups is 1. The molecule has 0 aliphatic rings. The average molecular weight is 228 g/mol. The van der Waals surface area contributed by atoms with Gasteiger partial charge in [0.15, 0.2) is 11.5 Å². The standard InChI is InChI=1S/C11H8N4O2/c16-11(17)9-10(15-7-3-5-12-15)13-8-4-1-2-6-14(8)9/h1-7H,(H,16,17). The molecule has 0 aromatic carbocycles. The Hall–Kier alpha value is -2.63. The first-order valence-corrected chi connectivity index (χ1v) is 4.98. The zero-order valence-electron chi connectivity index (χ0n) is 8.69. The van der Waals surface area contributed by atoms with Crippen LogP contribution in [0.1, 0.15) is 10.5 Å². The van der Waals surface area contributed by atoms with Crippen molar-refractivity contribution in [1.82, 2.24) is 19.2 Å². The van der Waals surface area contributed by atoms with E-state index in [2.05, 4.69) is 10.1 Å². The van der Waals surface area contributed by atoms with Crippen molar-refractivity contribution in [1.29, 1.82) is 0 Å². The lowest BCUT2D eigenvalue weighted by Gasteiger charge is -1.98. The second-order valence-electron chi connectivity index (χ2n) is 3.47. The molecule has 0 fully saturated rings. The highest BCUT2D eigenvalue weighted by molar-refractivity contribution is 5.90. The smallest absolute Gasteiger partial charge is 0.356 e. The Balaban J connectivity index is 2.38. The SMILES string of the molecule is O=C(O)c1c(-n2cccn2)nc2ccccn12. The van der Waals surface area contributed by atoms with Gasteiger partial charge in [0.25, 0.3) is 0 Å². The first-order chi connectivity index (χ1) is 8.27. The molecule has 3 heterocycles. The number of imidazole rings is 1. The number of rotatable bonds is 2. The van der Waals surface area contributed by atoms with Crippen LogP contribution in [0.15, 0.2) is 42.9 Å². The van der Waals surface area contributed by atoms with Crippen LogP contribution >= 0.6 is 0 Å². The predicted molar refractivity (Wildman–Crippen MR) is 59.3 cm³/mol. The van der Waals surface area contributed by atoms with Gasteiger partial charge in [-0.2, -0.15) is 5.10 Å². The Bertz CT molecular complexity index is 685. The highest BCUT2D eigenvalue weighted by Crippen LogP contribution is 2.15. The second-order valence-corrected chi connectivity index (χ2v) is 3.47. The zero-order chi connectivity index (χ0) is 11.8. The number of fused-ring (bicyclic) bond motifs is 1. The molecule has 1 N–H and O–H groups in total. The van der Waals surface area contributed by atoms with E-state index in [9.17, 15) is 9.90 Å². The molecule has 0 atom stereocenters. The number of aromatic carboxylic acids is 1. The third kappa shape index (κ3) is 1.38. The summed E-state index contributed by atoms with van der Waals surface area (Å²) >= 11 is 0. The van der Waals surface area contributed by atoms with E-state index < -0.39 is 5.97 Å². The van der Waals surface area contributed by atoms with Crippen LogP contribution in [0.4, 0.5) is 0 Å². The van der Waals surface area contributed by atoms with Crippen molar-refractivity contribution in [3.63, 3.8) is 0 Å². The van der Waals surface area contributed by atoms with Crippen LogP contribution < -0.4 is 0 Å². The lowest BCUT2D eigenvalue weighted by Crippen LogP contribution is -2.07. The Morgan fingerprint density at radius 2 is 2.12 bits per heavy atom. The van der Waals surface area contributed by atoms with E-state index in [-0.39, 0.29) is 5.69 Å². The monoisotopic (exact) mass is 228 g/mol. The lowest BCUT2D eigenvalue weighted by atomic mass is 10.4. The minimum Gasteiger partial charge on any atom is -0.476 e. The third-order valence-electron chi connectivity index (χ3n) is 2.44. The van der Waals surface area contributed by atoms with Gasteiger partial charge in [-0.3, -0.25) is 4.40 Å². The molecule has 0 aliphatic carbocycles. The highest BCUT2D eigenvalue weighted by Gasteiger charge is 2.19. The minimum absolute atomic E-state index is 0.101. The molecule has 0 radical (unpaired) electrons. The molecular formula is C11H8N4O2. The average Bonchev–Trinajstić information content (AvgIpc) is 2.95. The van der Waals surface area contributed by atoms with E-state index in [0.717, 1.165) is 0 Å². The molecule has 6 nitrogen and oxygen atoms in total. The Morgan fingerprint density at radius 3 is 2.82 bits per heavy atom. The normalized spacial score (nSPS) is 10.8. The molecule has 0 amide bonds. The van der Waals surface area contributed by atoms with E-state index >= 15 is 0 Å². The summed E-state index contributed by atoms with van der Waals surface area (Å²) in [7, 11) is 0. The second kappa shape index (κ2) is 3.44. The summed E-state index contributed by atoms with van der Waals surface area (Å²) in [5.74, 6) is -0.720. The van der Waals surface area contributed by atoms with E-state index in [4.69, 9.17) is 0 Å². The largest absolute Gasteiger partial charge is 0.476 e. The van der Waals surface area contributed by atoms with Gasteiger partial charge in [0, 0.05) is 18.6 Å². The van der Waals surface area contributed by atoms with Crippen molar-refractivity contribution in [2.24, 2.45) is 0 Å². The molecule has 6 heteroatoms. The van der Waals surface area contributed by atoms with Crippen molar-refractivity contribution in [3.8, 4) is 5.82 Å². The Morgan fingerprint density at radius 1 is 1.24 bits per heavy atom. The fourth-order valence-electron chi connectivity index (χ4n) is 1.74. The van der Waals surface area contributed by atoms with Gasteiger partial charge in [0.1, 0.15) is 5.65 Å². The molecule has 0 bridgehead atoms. The molecule has 0 saturated heterocycles. The van der Waals surface area contributed by atoms with Crippen molar-refractivity contribution >= 4 is 11.6 Å². The molecular weight excluding hydrogens is 220 g/mol. The predicted octanol–water partition coefficient (Wildman–Crippen LogP) is 1.22. The van der Waals surface area contributed by atoms with Gasteiger partial charge < -0.3 is 5.11 Å². The van der Waals surface area contributed by atoms with Crippen molar-refractivity contribution in [2.45, 2.75) is 0 Å². The fourth-order valence-corrected chi connectivity index (χ4v) is 1.74. The quantitative estimate of drug-likeness (QED) is 0.715. The number of hydrogen-bond donors (Lipinski definition) is 1. The maximum atomic E-state index is 11.3. The van der Waals surface area contributed by atoms with Crippen molar-refractivity contribution in [3.05, 3.63) is 48.5 Å². The van der Waals surface area contributed by atoms with E-state index in [1.54, 1.807) is 42.9 Å². The summed E-state index contributed by atoms with van der Waals surface area (Å²) in [6, 6.07) is 7.03. The van der Waals surface area contributed by atoms with E-state index in [1.807, 2.05) is 0 Å². The first-order valence-electron chi connectivity index (χ1n) is 4.98. The summed E-state index contributed by atoms with van der Waals surface area (Å²) in [5, 5.41) is 13.3. The van der Waals surface area contributed by atoms with Crippen molar-refractivity contribution in [2.75, 3.05) is 0 Å². The molecule has 0 spiro atoms. The van der Waals surface area contributed by atoms with E-state index in [0.29, 0.717) is 11.5 Å². The maximum Gasteiger partial charge on any atom is 0.356 e. The minimum atomic E-state index is -1.03. The van der Waals surface area contributed by atoms with Crippen LogP contribution in [0.5, 0.6) is 0 Å². The van der Waals surface area contributed by atoms with Gasteiger partial charge in [-0.15, -0.1) is 0 Å². The molecule has 0 aliphatic heterocycles. The van der Waals surface area contributed by atoms with Crippen LogP contribution in [0.2, 0.25) is 0 Å². The molecule has 84 valence electrons. The Kier molecular flexibility index (Phi) is 1.94. The topological polar surface area (TPSA) is 72.4 Å². The molecule has 17 heavy (non-hydrogen) atoms. The molecule has 0 unspecified atom stereocenters. The van der Waals surface area contributed by atoms with Gasteiger partial charge in [-0.25, -0.2) is 14.5 Å². The maximum absolute atomic E-state index is 11.3. The van der Waals surface area contributed by atoms with Crippen LogP contribution in [0, 0.1) is 0 Å². The van der Waals surface area contributed by atoms with Crippen molar-refractivity contribution < 1.29 is 9.90 Å². The van der Waals surface area contributed by atoms with Gasteiger partial charge in [-0.05, 0) is 18.2 Å². The number of nitrogens with zero attached hydrogens (tertiary/aromatic N) is 4. The van der Waals surface area contributed by atoms with Gasteiger partial charge in [0.05, 0.1) is 0 Å². The fraction of sp³-hybridized carbons (Fsp3) is 0. The Labute approximate surface area is 95.8 Å². The number of aromatic nitrogens is 4. The summed E-state index contributed by atoms with van der Waals surface area (Å²) < 4.78 is 2.97. The van der Waals surface area contributed by atoms with Crippen LogP contribution in [0.3, 0.4) is 0 Å². The summed E-state index contributed by atoms with van der Waals surface area (Å²) in [6.45, 7) is 0. The van der Waals surface area contributed by atoms with Gasteiger partial charge in [-0.1, -0.05) is 6.07 Å². The van der Waals surface area contributed by atoms with Crippen LogP contribution in [-0.4, -0.2) is 30.2 Å². The number of pyridine rings is 1. The summed E-state index contributed by atoms with van der Waals surface area (Å²) in [5.41, 5.74) is 0.680. The highest BCUT2D eigenvalue weighted by atomic mass is 16.4. The first kappa shape index (κ1) is 9.59. The van der Waals surface area contributed by atoms with Crippen LogP contribution in [-0.2, 0) is 0 Å². The summed E-state index contributed by atoms with van der Waals surface area (Å²) in [6.07, 6.45) is 4.91. The van der Waals surface area contributed by atoms with Gasteiger partial charge >= 0.3 is 5.97 Å². The third-order valence-corrected chi connectivity index (χ3v) is 2.44. The zero-order valence-corrected chi connectivity index (χ0v) is 8.69. The summed E-state index contributed by atoms with van der Waals surface area (Å²) in [4.78, 5) is 15.5. The molecule has 3 rings (SSSR count). The van der Waals surface area contributed by atoms with Gasteiger partial charge in [0.2, 0.25) is 0 Å². The molecule has 0 saturated carbocycles. The number of carboxylic acids is 1. The molecule has 3 aromatic heterocycles. The molecule has 3 aromatic rings. The van der Waals surface area contributed by atoms with E-state index in [1.165, 1.54) is 9.08 Å². The lowest BCUT2D eigenvalue weighted by molar-refractivity contribution is 0.0689. The number of carboxylic acid groups (broad SMARTS) is 1. The van der Waals surface area contributed by atoms with Crippen LogP contribution in [0.25, 0.3) is 11.5 Å².